The highest BCUT2D eigenvalue weighted by atomic mass is 19.2. The van der Waals surface area contributed by atoms with E-state index in [1.807, 2.05) is 0 Å². The zero-order valence-electron chi connectivity index (χ0n) is 10.0. The Hall–Kier alpha value is -2.01. The Morgan fingerprint density at radius 2 is 1.53 bits per heavy atom. The molecule has 2 aromatic rings. The van der Waals surface area contributed by atoms with Crippen LogP contribution in [-0.4, -0.2) is 5.11 Å². The number of ether oxygens (including phenoxy) is 1. The van der Waals surface area contributed by atoms with Crippen molar-refractivity contribution in [3.63, 3.8) is 0 Å². The van der Waals surface area contributed by atoms with Crippen molar-refractivity contribution in [3.8, 4) is 11.5 Å². The van der Waals surface area contributed by atoms with Gasteiger partial charge in [-0.2, -0.15) is 4.39 Å². The SMILES string of the molecule is C[C@@H](O)c1c(F)cccc1Oc1cccc(F)c1F. The summed E-state index contributed by atoms with van der Waals surface area (Å²) in [5.41, 5.74) is -0.105. The molecule has 2 aromatic carbocycles. The number of benzene rings is 2. The van der Waals surface area contributed by atoms with E-state index < -0.39 is 23.6 Å². The average molecular weight is 268 g/mol. The van der Waals surface area contributed by atoms with Crippen LogP contribution in [0.1, 0.15) is 18.6 Å². The lowest BCUT2D eigenvalue weighted by molar-refractivity contribution is 0.190. The smallest absolute Gasteiger partial charge is 0.201 e. The molecule has 2 nitrogen and oxygen atoms in total. The molecule has 0 bridgehead atoms. The van der Waals surface area contributed by atoms with E-state index in [0.717, 1.165) is 12.1 Å². The van der Waals surface area contributed by atoms with Crippen molar-refractivity contribution in [2.24, 2.45) is 0 Å². The van der Waals surface area contributed by atoms with Crippen LogP contribution < -0.4 is 4.74 Å². The minimum absolute atomic E-state index is 0.0560. The maximum Gasteiger partial charge on any atom is 0.201 e. The molecule has 0 fully saturated rings. The summed E-state index contributed by atoms with van der Waals surface area (Å²) in [6, 6.07) is 7.31. The van der Waals surface area contributed by atoms with Gasteiger partial charge in [0.15, 0.2) is 11.6 Å². The molecule has 0 aliphatic carbocycles. The summed E-state index contributed by atoms with van der Waals surface area (Å²) in [6.45, 7) is 1.35. The molecule has 100 valence electrons. The van der Waals surface area contributed by atoms with Gasteiger partial charge in [0.25, 0.3) is 0 Å². The summed E-state index contributed by atoms with van der Waals surface area (Å²) in [5.74, 6) is -3.33. The number of hydrogen-bond acceptors (Lipinski definition) is 2. The fraction of sp³-hybridized carbons (Fsp3) is 0.143. The van der Waals surface area contributed by atoms with Gasteiger partial charge in [0.2, 0.25) is 5.82 Å². The van der Waals surface area contributed by atoms with Crippen LogP contribution in [0.15, 0.2) is 36.4 Å². The van der Waals surface area contributed by atoms with Gasteiger partial charge in [0, 0.05) is 0 Å². The molecule has 0 unspecified atom stereocenters. The zero-order chi connectivity index (χ0) is 14.0. The molecule has 19 heavy (non-hydrogen) atoms. The number of aliphatic hydroxyl groups is 1. The maximum atomic E-state index is 13.6. The van der Waals surface area contributed by atoms with Crippen LogP contribution in [0.25, 0.3) is 0 Å². The topological polar surface area (TPSA) is 29.5 Å². The van der Waals surface area contributed by atoms with E-state index >= 15 is 0 Å². The second-order valence-corrected chi connectivity index (χ2v) is 3.98. The Labute approximate surface area is 108 Å². The van der Waals surface area contributed by atoms with Crippen molar-refractivity contribution >= 4 is 0 Å². The van der Waals surface area contributed by atoms with Crippen molar-refractivity contribution < 1.29 is 23.0 Å². The third kappa shape index (κ3) is 2.71. The summed E-state index contributed by atoms with van der Waals surface area (Å²) in [7, 11) is 0. The summed E-state index contributed by atoms with van der Waals surface area (Å²) in [5, 5.41) is 9.50. The van der Waals surface area contributed by atoms with Crippen molar-refractivity contribution in [3.05, 3.63) is 59.4 Å². The molecular weight excluding hydrogens is 257 g/mol. The molecule has 1 atom stereocenters. The third-order valence-corrected chi connectivity index (χ3v) is 2.57. The van der Waals surface area contributed by atoms with Crippen molar-refractivity contribution in [1.82, 2.24) is 0 Å². The second kappa shape index (κ2) is 5.32. The van der Waals surface area contributed by atoms with Crippen LogP contribution in [-0.2, 0) is 0 Å². The van der Waals surface area contributed by atoms with E-state index in [4.69, 9.17) is 4.74 Å². The van der Waals surface area contributed by atoms with Gasteiger partial charge in [-0.05, 0) is 31.2 Å². The lowest BCUT2D eigenvalue weighted by Crippen LogP contribution is -2.01. The van der Waals surface area contributed by atoms with E-state index in [0.29, 0.717) is 0 Å². The largest absolute Gasteiger partial charge is 0.454 e. The molecule has 0 saturated heterocycles. The van der Waals surface area contributed by atoms with Crippen LogP contribution in [0.5, 0.6) is 11.5 Å². The quantitative estimate of drug-likeness (QED) is 0.913. The second-order valence-electron chi connectivity index (χ2n) is 3.98. The molecule has 0 heterocycles. The first-order valence-corrected chi connectivity index (χ1v) is 5.59. The minimum Gasteiger partial charge on any atom is -0.454 e. The average Bonchev–Trinajstić information content (AvgIpc) is 2.34. The van der Waals surface area contributed by atoms with Gasteiger partial charge >= 0.3 is 0 Å². The molecule has 0 radical (unpaired) electrons. The predicted octanol–water partition coefficient (Wildman–Crippen LogP) is 3.95. The standard InChI is InChI=1S/C14H11F3O2/c1-8(18)13-9(15)4-2-6-11(13)19-12-7-3-5-10(16)14(12)17/h2-8,18H,1H3/t8-/m1/s1. The van der Waals surface area contributed by atoms with Gasteiger partial charge in [-0.1, -0.05) is 12.1 Å². The Morgan fingerprint density at radius 1 is 0.947 bits per heavy atom. The molecule has 0 aliphatic heterocycles. The van der Waals surface area contributed by atoms with Crippen molar-refractivity contribution in [1.29, 1.82) is 0 Å². The van der Waals surface area contributed by atoms with E-state index in [2.05, 4.69) is 0 Å². The van der Waals surface area contributed by atoms with Crippen molar-refractivity contribution in [2.75, 3.05) is 0 Å². The summed E-state index contributed by atoms with van der Waals surface area (Å²) < 4.78 is 45.2. The highest BCUT2D eigenvalue weighted by Crippen LogP contribution is 2.33. The van der Waals surface area contributed by atoms with Crippen LogP contribution in [0.4, 0.5) is 13.2 Å². The first-order valence-electron chi connectivity index (χ1n) is 5.59. The molecule has 0 amide bonds. The number of aliphatic hydroxyl groups excluding tert-OH is 1. The molecule has 0 aliphatic rings. The van der Waals surface area contributed by atoms with Crippen LogP contribution in [0.3, 0.4) is 0 Å². The molecule has 0 aromatic heterocycles. The number of halogens is 3. The third-order valence-electron chi connectivity index (χ3n) is 2.57. The Balaban J connectivity index is 2.44. The maximum absolute atomic E-state index is 13.6. The molecular formula is C14H11F3O2. The van der Waals surface area contributed by atoms with Gasteiger partial charge in [-0.3, -0.25) is 0 Å². The first kappa shape index (κ1) is 13.4. The van der Waals surface area contributed by atoms with Crippen molar-refractivity contribution in [2.45, 2.75) is 13.0 Å². The van der Waals surface area contributed by atoms with Crippen LogP contribution >= 0.6 is 0 Å². The predicted molar refractivity (Wildman–Crippen MR) is 63.5 cm³/mol. The highest BCUT2D eigenvalue weighted by Gasteiger charge is 2.17. The van der Waals surface area contributed by atoms with Crippen LogP contribution in [0.2, 0.25) is 0 Å². The lowest BCUT2D eigenvalue weighted by atomic mass is 10.1. The summed E-state index contributed by atoms with van der Waals surface area (Å²) in [6.07, 6.45) is -1.13. The molecule has 5 heteroatoms. The number of rotatable bonds is 3. The summed E-state index contributed by atoms with van der Waals surface area (Å²) in [4.78, 5) is 0. The van der Waals surface area contributed by atoms with E-state index in [1.165, 1.54) is 31.2 Å². The fourth-order valence-corrected chi connectivity index (χ4v) is 1.69. The normalized spacial score (nSPS) is 12.3. The molecule has 0 saturated carbocycles. The van der Waals surface area contributed by atoms with Gasteiger partial charge in [0.1, 0.15) is 11.6 Å². The fourth-order valence-electron chi connectivity index (χ4n) is 1.69. The minimum atomic E-state index is -1.16. The van der Waals surface area contributed by atoms with Gasteiger partial charge in [-0.15, -0.1) is 0 Å². The molecule has 0 spiro atoms. The monoisotopic (exact) mass is 268 g/mol. The zero-order valence-corrected chi connectivity index (χ0v) is 10.0. The number of hydrogen-bond donors (Lipinski definition) is 1. The molecule has 1 N–H and O–H groups in total. The van der Waals surface area contributed by atoms with Crippen LogP contribution in [0, 0.1) is 17.5 Å². The van der Waals surface area contributed by atoms with Gasteiger partial charge in [-0.25, -0.2) is 8.78 Å². The van der Waals surface area contributed by atoms with E-state index in [9.17, 15) is 18.3 Å². The van der Waals surface area contributed by atoms with Gasteiger partial charge < -0.3 is 9.84 Å². The van der Waals surface area contributed by atoms with E-state index in [-0.39, 0.29) is 17.1 Å². The molecule has 2 rings (SSSR count). The Morgan fingerprint density at radius 3 is 2.16 bits per heavy atom. The highest BCUT2D eigenvalue weighted by molar-refractivity contribution is 5.40. The van der Waals surface area contributed by atoms with E-state index in [1.54, 1.807) is 0 Å². The lowest BCUT2D eigenvalue weighted by Gasteiger charge is -2.14. The Kier molecular flexibility index (Phi) is 3.76. The first-order chi connectivity index (χ1) is 9.00. The summed E-state index contributed by atoms with van der Waals surface area (Å²) >= 11 is 0. The van der Waals surface area contributed by atoms with Gasteiger partial charge in [0.05, 0.1) is 11.7 Å². The Bertz CT molecular complexity index is 597.